The van der Waals surface area contributed by atoms with Gasteiger partial charge in [-0.3, -0.25) is 0 Å². The van der Waals surface area contributed by atoms with Crippen LogP contribution in [0.2, 0.25) is 0 Å². The van der Waals surface area contributed by atoms with Crippen molar-refractivity contribution in [3.8, 4) is 0 Å². The Labute approximate surface area is 780 Å². The quantitative estimate of drug-likeness (QED) is 0.0651. The summed E-state index contributed by atoms with van der Waals surface area (Å²) in [5.74, 6) is -3.61. The molecule has 468 valence electrons. The normalized spacial score (nSPS) is 10.0. The Morgan fingerprint density at radius 2 is 0.226 bits per heavy atom. The van der Waals surface area contributed by atoms with Crippen LogP contribution in [0.1, 0.15) is 426 Å². The standard InChI is InChI=1S/3C18H36O2.C16H32O2.6K/c3*1-2-3-4-5-6-7-8-9-10-11-12-13-14-15-16-17-18(19)20;1-2-3-4-5-6-7-8-9-10-11-12-13-14-15-16(17)18;;;;;;/h3*2-17H2,1H3,(H,19,20);2-15H2,1H3,(H,17,18);;;;;;/q;;;;6*+1/p-4. The van der Waals surface area contributed by atoms with Crippen LogP contribution in [0.5, 0.6) is 0 Å². The van der Waals surface area contributed by atoms with Gasteiger partial charge in [-0.1, -0.05) is 374 Å². The third-order valence-corrected chi connectivity index (χ3v) is 15.4. The molecule has 0 unspecified atom stereocenters. The van der Waals surface area contributed by atoms with E-state index in [0.717, 1.165) is 51.4 Å². The van der Waals surface area contributed by atoms with Crippen LogP contribution in [-0.4, -0.2) is 23.9 Å². The molecule has 8 nitrogen and oxygen atoms in total. The first-order valence-electron chi connectivity index (χ1n) is 34.9. The minimum absolute atomic E-state index is 0. The third-order valence-electron chi connectivity index (χ3n) is 15.4. The summed E-state index contributed by atoms with van der Waals surface area (Å²) in [6.07, 6.45) is 76.5. The second kappa shape index (κ2) is 109. The van der Waals surface area contributed by atoms with Crippen molar-refractivity contribution in [3.05, 3.63) is 0 Å². The smallest absolute Gasteiger partial charge is 0.550 e. The largest absolute Gasteiger partial charge is 1.00 e. The molecule has 0 amide bonds. The summed E-state index contributed by atoms with van der Waals surface area (Å²) in [4.78, 5) is 40.9. The molecule has 0 fully saturated rings. The third kappa shape index (κ3) is 130. The van der Waals surface area contributed by atoms with Gasteiger partial charge in [-0.15, -0.1) is 0 Å². The SMILES string of the molecule is CCCCCCCCCCCCCCCC(=O)[O-].CCCCCCCCCCCCCCCCCC(=O)[O-].CCCCCCCCCCCCCCCCCC(=O)[O-].CCCCCCCCCCCCCCCCCC(=O)[O-].[K+].[K+].[K+].[K+].[K+].[K+]. The van der Waals surface area contributed by atoms with Gasteiger partial charge in [0.2, 0.25) is 0 Å². The minimum atomic E-state index is -0.905. The molecule has 0 radical (unpaired) electrons. The van der Waals surface area contributed by atoms with Crippen molar-refractivity contribution < 1.29 is 348 Å². The molecule has 0 atom stereocenters. The summed E-state index contributed by atoms with van der Waals surface area (Å²) in [5.41, 5.74) is 0. The van der Waals surface area contributed by atoms with Gasteiger partial charge in [0.15, 0.2) is 0 Å². The fourth-order valence-corrected chi connectivity index (χ4v) is 10.2. The van der Waals surface area contributed by atoms with Gasteiger partial charge in [0.05, 0.1) is 0 Å². The van der Waals surface area contributed by atoms with E-state index >= 15 is 0 Å². The zero-order chi connectivity index (χ0) is 58.2. The van der Waals surface area contributed by atoms with Gasteiger partial charge in [-0.25, -0.2) is 0 Å². The molecule has 0 bridgehead atoms. The molecule has 84 heavy (non-hydrogen) atoms. The van der Waals surface area contributed by atoms with Gasteiger partial charge in [0.1, 0.15) is 0 Å². The number of rotatable bonds is 62. The van der Waals surface area contributed by atoms with Gasteiger partial charge in [0.25, 0.3) is 0 Å². The Hall–Kier alpha value is 7.70. The van der Waals surface area contributed by atoms with Crippen molar-refractivity contribution in [1.29, 1.82) is 0 Å². The van der Waals surface area contributed by atoms with E-state index in [1.807, 2.05) is 0 Å². The molecule has 0 aliphatic heterocycles. The molecule has 0 saturated carbocycles. The zero-order valence-corrected chi connectivity index (χ0v) is 77.8. The number of hydrogen-bond acceptors (Lipinski definition) is 8. The second-order valence-corrected chi connectivity index (χ2v) is 23.6. The Morgan fingerprint density at radius 3 is 0.298 bits per heavy atom. The van der Waals surface area contributed by atoms with Crippen LogP contribution < -0.4 is 329 Å². The first-order valence-corrected chi connectivity index (χ1v) is 34.9. The van der Waals surface area contributed by atoms with E-state index in [0.29, 0.717) is 0 Å². The number of carbonyl (C=O) groups is 4. The van der Waals surface area contributed by atoms with Gasteiger partial charge < -0.3 is 39.6 Å². The molecule has 0 saturated heterocycles. The Morgan fingerprint density at radius 1 is 0.155 bits per heavy atom. The number of carboxylic acids is 4. The molecule has 14 heteroatoms. The Balaban J connectivity index is -0.000000106. The van der Waals surface area contributed by atoms with Crippen LogP contribution >= 0.6 is 0 Å². The van der Waals surface area contributed by atoms with Gasteiger partial charge in [0, 0.05) is 23.9 Å². The maximum Gasteiger partial charge on any atom is 1.00 e. The topological polar surface area (TPSA) is 161 Å². The molecular weight excluding hydrogens is 1200 g/mol. The predicted molar refractivity (Wildman–Crippen MR) is 329 cm³/mol. The number of hydrogen-bond donors (Lipinski definition) is 0. The first kappa shape index (κ1) is 113. The van der Waals surface area contributed by atoms with Crippen molar-refractivity contribution in [2.45, 2.75) is 426 Å². The Bertz CT molecular complexity index is 1050. The van der Waals surface area contributed by atoms with Crippen molar-refractivity contribution in [2.75, 3.05) is 0 Å². The fourth-order valence-electron chi connectivity index (χ4n) is 10.2. The maximum atomic E-state index is 10.2. The molecule has 0 spiro atoms. The summed E-state index contributed by atoms with van der Waals surface area (Å²) in [6, 6.07) is 0. The van der Waals surface area contributed by atoms with Gasteiger partial charge in [-0.05, 0) is 51.4 Å². The van der Waals surface area contributed by atoms with E-state index in [2.05, 4.69) is 27.7 Å². The van der Waals surface area contributed by atoms with Crippen molar-refractivity contribution in [1.82, 2.24) is 0 Å². The van der Waals surface area contributed by atoms with Crippen LogP contribution in [0.3, 0.4) is 0 Å². The average Bonchev–Trinajstić information content (AvgIpc) is 3.41. The number of carbonyl (C=O) groups excluding carboxylic acids is 4. The first-order chi connectivity index (χ1) is 38.1. The summed E-state index contributed by atoms with van der Waals surface area (Å²) in [7, 11) is 0. The molecule has 0 aliphatic rings. The van der Waals surface area contributed by atoms with Crippen LogP contribution in [0.15, 0.2) is 0 Å². The number of carboxylic acid groups (broad SMARTS) is 4. The predicted octanol–water partition coefficient (Wildman–Crippen LogP) is 1.23. The van der Waals surface area contributed by atoms with Crippen LogP contribution in [0, 0.1) is 0 Å². The second-order valence-electron chi connectivity index (χ2n) is 23.6. The van der Waals surface area contributed by atoms with E-state index in [1.165, 1.54) is 321 Å². The summed E-state index contributed by atoms with van der Waals surface area (Å²) in [5, 5.41) is 40.9. The van der Waals surface area contributed by atoms with Crippen molar-refractivity contribution >= 4 is 23.9 Å². The maximum absolute atomic E-state index is 10.2. The number of unbranched alkanes of at least 4 members (excludes halogenated alkanes) is 54. The molecule has 0 rings (SSSR count). The van der Waals surface area contributed by atoms with E-state index in [-0.39, 0.29) is 334 Å². The Kier molecular flexibility index (Phi) is 147. The molecule has 0 aromatic rings. The molecule has 0 N–H and O–H groups in total. The molecule has 0 aliphatic carbocycles. The van der Waals surface area contributed by atoms with Gasteiger partial charge in [-0.2, -0.15) is 0 Å². The van der Waals surface area contributed by atoms with Crippen LogP contribution in [-0.2, 0) is 19.2 Å². The zero-order valence-electron chi connectivity index (χ0n) is 59.1. The summed E-state index contributed by atoms with van der Waals surface area (Å²) in [6.45, 7) is 9.06. The molecule has 0 aromatic carbocycles. The van der Waals surface area contributed by atoms with E-state index in [9.17, 15) is 39.6 Å². The monoisotopic (exact) mass is 1340 g/mol. The minimum Gasteiger partial charge on any atom is -0.550 e. The molecule has 0 aromatic heterocycles. The fraction of sp³-hybridized carbons (Fsp3) is 0.943. The summed E-state index contributed by atoms with van der Waals surface area (Å²) >= 11 is 0. The van der Waals surface area contributed by atoms with E-state index in [1.54, 1.807) is 0 Å². The molecule has 0 heterocycles. The molecular formula is C70H136K6O8+2. The number of aliphatic carboxylic acids is 4. The van der Waals surface area contributed by atoms with Crippen molar-refractivity contribution in [3.63, 3.8) is 0 Å². The van der Waals surface area contributed by atoms with Crippen LogP contribution in [0.25, 0.3) is 0 Å². The van der Waals surface area contributed by atoms with E-state index in [4.69, 9.17) is 0 Å². The van der Waals surface area contributed by atoms with Crippen molar-refractivity contribution in [2.24, 2.45) is 0 Å². The summed E-state index contributed by atoms with van der Waals surface area (Å²) < 4.78 is 0. The van der Waals surface area contributed by atoms with E-state index < -0.39 is 23.9 Å². The van der Waals surface area contributed by atoms with Crippen LogP contribution in [0.4, 0.5) is 0 Å². The average molecular weight is 1340 g/mol. The van der Waals surface area contributed by atoms with Gasteiger partial charge >= 0.3 is 308 Å².